The van der Waals surface area contributed by atoms with Crippen molar-refractivity contribution in [3.63, 3.8) is 0 Å². The molecule has 1 unspecified atom stereocenters. The zero-order valence-corrected chi connectivity index (χ0v) is 9.03. The maximum atomic E-state index is 11.0. The Morgan fingerprint density at radius 2 is 2.14 bits per heavy atom. The number of methoxy groups -OCH3 is 1. The van der Waals surface area contributed by atoms with Crippen molar-refractivity contribution >= 4 is 5.97 Å². The van der Waals surface area contributed by atoms with Gasteiger partial charge in [-0.05, 0) is 13.8 Å². The number of hydrogen-bond donors (Lipinski definition) is 0. The van der Waals surface area contributed by atoms with Crippen molar-refractivity contribution in [1.29, 1.82) is 0 Å². The van der Waals surface area contributed by atoms with Gasteiger partial charge in [-0.15, -0.1) is 0 Å². The Labute approximate surface area is 85.4 Å². The third-order valence-electron chi connectivity index (χ3n) is 1.71. The van der Waals surface area contributed by atoms with E-state index < -0.39 is 0 Å². The Morgan fingerprint density at radius 3 is 2.71 bits per heavy atom. The number of allylic oxidation sites excluding steroid dienone is 3. The number of rotatable bonds is 6. The number of ether oxygens (including phenoxy) is 2. The molecule has 0 aromatic heterocycles. The van der Waals surface area contributed by atoms with E-state index in [2.05, 4.69) is 0 Å². The van der Waals surface area contributed by atoms with Gasteiger partial charge in [0.1, 0.15) is 0 Å². The minimum Gasteiger partial charge on any atom is -0.462 e. The fraction of sp³-hybridized carbons (Fsp3) is 0.545. The third kappa shape index (κ3) is 7.55. The quantitative estimate of drug-likeness (QED) is 0.372. The van der Waals surface area contributed by atoms with Crippen molar-refractivity contribution in [1.82, 2.24) is 0 Å². The highest BCUT2D eigenvalue weighted by molar-refractivity contribution is 5.82. The van der Waals surface area contributed by atoms with E-state index in [-0.39, 0.29) is 12.1 Å². The molecular weight excluding hydrogens is 180 g/mol. The first kappa shape index (κ1) is 12.9. The maximum absolute atomic E-state index is 11.0. The first-order valence-electron chi connectivity index (χ1n) is 4.69. The van der Waals surface area contributed by atoms with Gasteiger partial charge in [-0.3, -0.25) is 0 Å². The summed E-state index contributed by atoms with van der Waals surface area (Å²) in [5.74, 6) is -0.314. The molecule has 14 heavy (non-hydrogen) atoms. The minimum absolute atomic E-state index is 0.127. The zero-order valence-electron chi connectivity index (χ0n) is 9.03. The minimum atomic E-state index is -0.314. The third-order valence-corrected chi connectivity index (χ3v) is 1.71. The van der Waals surface area contributed by atoms with E-state index in [1.807, 2.05) is 19.9 Å². The van der Waals surface area contributed by atoms with Crippen molar-refractivity contribution in [2.45, 2.75) is 26.4 Å². The fourth-order valence-corrected chi connectivity index (χ4v) is 0.737. The van der Waals surface area contributed by atoms with Gasteiger partial charge in [0.25, 0.3) is 0 Å². The molecule has 0 bridgehead atoms. The lowest BCUT2D eigenvalue weighted by Crippen LogP contribution is -2.11. The van der Waals surface area contributed by atoms with Gasteiger partial charge >= 0.3 is 5.97 Å². The van der Waals surface area contributed by atoms with E-state index in [9.17, 15) is 4.79 Å². The van der Waals surface area contributed by atoms with Crippen molar-refractivity contribution in [3.05, 3.63) is 24.3 Å². The highest BCUT2D eigenvalue weighted by Gasteiger charge is 2.01. The van der Waals surface area contributed by atoms with Crippen molar-refractivity contribution in [3.8, 4) is 0 Å². The first-order chi connectivity index (χ1) is 6.70. The van der Waals surface area contributed by atoms with E-state index in [0.717, 1.165) is 6.42 Å². The van der Waals surface area contributed by atoms with Crippen LogP contribution in [-0.2, 0) is 14.3 Å². The molecule has 0 aromatic rings. The molecule has 3 nitrogen and oxygen atoms in total. The lowest BCUT2D eigenvalue weighted by Gasteiger charge is -2.08. The molecule has 0 saturated carbocycles. The molecule has 0 fully saturated rings. The summed E-state index contributed by atoms with van der Waals surface area (Å²) in [4.78, 5) is 11.0. The largest absolute Gasteiger partial charge is 0.462 e. The summed E-state index contributed by atoms with van der Waals surface area (Å²) in [5.41, 5.74) is 0. The van der Waals surface area contributed by atoms with Crippen LogP contribution in [-0.4, -0.2) is 25.8 Å². The summed E-state index contributed by atoms with van der Waals surface area (Å²) < 4.78 is 9.93. The van der Waals surface area contributed by atoms with Gasteiger partial charge in [-0.25, -0.2) is 4.79 Å². The number of esters is 1. The molecule has 1 atom stereocenters. The molecule has 0 aliphatic heterocycles. The van der Waals surface area contributed by atoms with E-state index in [0.29, 0.717) is 6.61 Å². The normalized spacial score (nSPS) is 13.6. The average Bonchev–Trinajstić information content (AvgIpc) is 2.18. The molecule has 0 heterocycles. The standard InChI is InChI=1S/C11H18O3/c1-4-5-6-7-11(12)14-9-8-10(2)13-3/h4-7,10H,8-9H2,1-3H3/b5-4-,7-6+. The van der Waals surface area contributed by atoms with Gasteiger partial charge in [-0.1, -0.05) is 18.2 Å². The highest BCUT2D eigenvalue weighted by Crippen LogP contribution is 1.95. The Balaban J connectivity index is 3.54. The van der Waals surface area contributed by atoms with Crippen LogP contribution in [0.5, 0.6) is 0 Å². The first-order valence-corrected chi connectivity index (χ1v) is 4.69. The van der Waals surface area contributed by atoms with Crippen LogP contribution in [0.15, 0.2) is 24.3 Å². The van der Waals surface area contributed by atoms with E-state index in [1.54, 1.807) is 19.3 Å². The average molecular weight is 198 g/mol. The van der Waals surface area contributed by atoms with E-state index >= 15 is 0 Å². The van der Waals surface area contributed by atoms with Gasteiger partial charge in [0.2, 0.25) is 0 Å². The van der Waals surface area contributed by atoms with Gasteiger partial charge in [0.15, 0.2) is 0 Å². The van der Waals surface area contributed by atoms with Gasteiger partial charge < -0.3 is 9.47 Å². The van der Waals surface area contributed by atoms with Crippen LogP contribution < -0.4 is 0 Å². The highest BCUT2D eigenvalue weighted by atomic mass is 16.5. The molecule has 0 aliphatic rings. The zero-order chi connectivity index (χ0) is 10.8. The predicted octanol–water partition coefficient (Wildman–Crippen LogP) is 2.09. The summed E-state index contributed by atoms with van der Waals surface area (Å²) in [6.07, 6.45) is 7.53. The molecule has 3 heteroatoms. The molecule has 0 amide bonds. The molecule has 0 spiro atoms. The molecule has 0 rings (SSSR count). The molecular formula is C11H18O3. The lowest BCUT2D eigenvalue weighted by atomic mass is 10.3. The van der Waals surface area contributed by atoms with Crippen LogP contribution in [0, 0.1) is 0 Å². The van der Waals surface area contributed by atoms with Crippen molar-refractivity contribution in [2.24, 2.45) is 0 Å². The Bertz CT molecular complexity index is 207. The van der Waals surface area contributed by atoms with E-state index in [1.165, 1.54) is 6.08 Å². The summed E-state index contributed by atoms with van der Waals surface area (Å²) in [6, 6.07) is 0. The summed E-state index contributed by atoms with van der Waals surface area (Å²) in [7, 11) is 1.64. The topological polar surface area (TPSA) is 35.5 Å². The number of hydrogen-bond acceptors (Lipinski definition) is 3. The second-order valence-electron chi connectivity index (χ2n) is 2.89. The maximum Gasteiger partial charge on any atom is 0.330 e. The van der Waals surface area contributed by atoms with Gasteiger partial charge in [-0.2, -0.15) is 0 Å². The molecule has 0 saturated heterocycles. The Kier molecular flexibility index (Phi) is 7.84. The number of carbonyl (C=O) groups is 1. The SMILES string of the molecule is C/C=C\C=C\C(=O)OCCC(C)OC. The predicted molar refractivity (Wildman–Crippen MR) is 56.0 cm³/mol. The Hall–Kier alpha value is -1.09. The van der Waals surface area contributed by atoms with Crippen LogP contribution >= 0.6 is 0 Å². The van der Waals surface area contributed by atoms with Crippen molar-refractivity contribution < 1.29 is 14.3 Å². The summed E-state index contributed by atoms with van der Waals surface area (Å²) >= 11 is 0. The molecule has 0 aromatic carbocycles. The van der Waals surface area contributed by atoms with Crippen LogP contribution in [0.2, 0.25) is 0 Å². The summed E-state index contributed by atoms with van der Waals surface area (Å²) in [5, 5.41) is 0. The molecule has 0 radical (unpaired) electrons. The smallest absolute Gasteiger partial charge is 0.330 e. The lowest BCUT2D eigenvalue weighted by molar-refractivity contribution is -0.138. The van der Waals surface area contributed by atoms with Crippen LogP contribution in [0.1, 0.15) is 20.3 Å². The molecule has 80 valence electrons. The monoisotopic (exact) mass is 198 g/mol. The second kappa shape index (κ2) is 8.51. The fourth-order valence-electron chi connectivity index (χ4n) is 0.737. The number of carbonyl (C=O) groups excluding carboxylic acids is 1. The molecule has 0 N–H and O–H groups in total. The van der Waals surface area contributed by atoms with Crippen LogP contribution in [0.25, 0.3) is 0 Å². The second-order valence-corrected chi connectivity index (χ2v) is 2.89. The Morgan fingerprint density at radius 1 is 1.43 bits per heavy atom. The van der Waals surface area contributed by atoms with Crippen LogP contribution in [0.3, 0.4) is 0 Å². The summed E-state index contributed by atoms with van der Waals surface area (Å²) in [6.45, 7) is 4.22. The van der Waals surface area contributed by atoms with Crippen LogP contribution in [0.4, 0.5) is 0 Å². The van der Waals surface area contributed by atoms with Gasteiger partial charge in [0.05, 0.1) is 12.7 Å². The van der Waals surface area contributed by atoms with Crippen molar-refractivity contribution in [2.75, 3.05) is 13.7 Å². The van der Waals surface area contributed by atoms with Gasteiger partial charge in [0, 0.05) is 19.6 Å². The molecule has 0 aliphatic carbocycles. The van der Waals surface area contributed by atoms with E-state index in [4.69, 9.17) is 9.47 Å².